The number of carbonyl (C=O) groups is 1. The van der Waals surface area contributed by atoms with E-state index in [1.54, 1.807) is 42.5 Å². The molecule has 1 heterocycles. The molecular formula is C22H23N3O5. The van der Waals surface area contributed by atoms with Crippen LogP contribution in [0, 0.1) is 0 Å². The lowest BCUT2D eigenvalue weighted by atomic mass is 10.1. The standard InChI is InChI=1S/C22H23N3O5/c1-14(26)24-11-10-23-13-18-16-6-4-5-7-17(16)21(27)25(22(18)28)15-8-9-19(29-2)20(12-15)30-3/h4-9,12-13,28H,10-11H2,1-3H3,(H,24,26). The summed E-state index contributed by atoms with van der Waals surface area (Å²) in [5.41, 5.74) is 0.460. The molecule has 8 heteroatoms. The van der Waals surface area contributed by atoms with Gasteiger partial charge >= 0.3 is 0 Å². The van der Waals surface area contributed by atoms with Crippen molar-refractivity contribution in [3.05, 3.63) is 58.4 Å². The molecular weight excluding hydrogens is 386 g/mol. The number of aromatic nitrogens is 1. The molecule has 0 spiro atoms. The number of hydrogen-bond donors (Lipinski definition) is 2. The van der Waals surface area contributed by atoms with Gasteiger partial charge in [-0.05, 0) is 18.2 Å². The third-order valence-electron chi connectivity index (χ3n) is 4.56. The van der Waals surface area contributed by atoms with Gasteiger partial charge in [-0.1, -0.05) is 18.2 Å². The number of hydrogen-bond acceptors (Lipinski definition) is 6. The molecule has 8 nitrogen and oxygen atoms in total. The fourth-order valence-corrected chi connectivity index (χ4v) is 3.15. The normalized spacial score (nSPS) is 11.0. The summed E-state index contributed by atoms with van der Waals surface area (Å²) < 4.78 is 11.8. The zero-order chi connectivity index (χ0) is 21.7. The average molecular weight is 409 g/mol. The highest BCUT2D eigenvalue weighted by Gasteiger charge is 2.17. The van der Waals surface area contributed by atoms with Gasteiger partial charge in [0.1, 0.15) is 0 Å². The minimum Gasteiger partial charge on any atom is -0.494 e. The highest BCUT2D eigenvalue weighted by molar-refractivity contribution is 6.01. The van der Waals surface area contributed by atoms with Crippen molar-refractivity contribution in [1.29, 1.82) is 0 Å². The number of pyridine rings is 1. The van der Waals surface area contributed by atoms with E-state index in [4.69, 9.17) is 9.47 Å². The molecule has 0 aliphatic rings. The van der Waals surface area contributed by atoms with E-state index in [0.717, 1.165) is 0 Å². The molecule has 0 fully saturated rings. The lowest BCUT2D eigenvalue weighted by Crippen LogP contribution is -2.23. The van der Waals surface area contributed by atoms with Crippen LogP contribution in [-0.2, 0) is 4.79 Å². The summed E-state index contributed by atoms with van der Waals surface area (Å²) in [4.78, 5) is 28.4. The monoisotopic (exact) mass is 409 g/mol. The van der Waals surface area contributed by atoms with Gasteiger partial charge in [-0.15, -0.1) is 0 Å². The van der Waals surface area contributed by atoms with Crippen LogP contribution in [-0.4, -0.2) is 49.1 Å². The molecule has 1 aromatic heterocycles. The van der Waals surface area contributed by atoms with Crippen LogP contribution < -0.4 is 20.3 Å². The first-order valence-electron chi connectivity index (χ1n) is 9.31. The Morgan fingerprint density at radius 1 is 1.13 bits per heavy atom. The Morgan fingerprint density at radius 2 is 1.83 bits per heavy atom. The van der Waals surface area contributed by atoms with Crippen molar-refractivity contribution in [2.45, 2.75) is 6.92 Å². The van der Waals surface area contributed by atoms with Crippen molar-refractivity contribution in [3.8, 4) is 23.1 Å². The van der Waals surface area contributed by atoms with Crippen LogP contribution in [0.25, 0.3) is 16.5 Å². The Balaban J connectivity index is 2.15. The topological polar surface area (TPSA) is 102 Å². The molecule has 0 atom stereocenters. The van der Waals surface area contributed by atoms with Gasteiger partial charge in [0.15, 0.2) is 11.5 Å². The number of aromatic hydroxyl groups is 1. The molecule has 3 aromatic rings. The molecule has 2 aromatic carbocycles. The smallest absolute Gasteiger partial charge is 0.265 e. The molecule has 156 valence electrons. The van der Waals surface area contributed by atoms with Gasteiger partial charge < -0.3 is 19.9 Å². The maximum absolute atomic E-state index is 13.1. The largest absolute Gasteiger partial charge is 0.494 e. The Kier molecular flexibility index (Phi) is 6.36. The Morgan fingerprint density at radius 3 is 2.50 bits per heavy atom. The van der Waals surface area contributed by atoms with E-state index in [0.29, 0.717) is 46.6 Å². The number of nitrogens with zero attached hydrogens (tertiary/aromatic N) is 2. The van der Waals surface area contributed by atoms with Gasteiger partial charge in [-0.3, -0.25) is 14.6 Å². The molecule has 0 radical (unpaired) electrons. The molecule has 3 rings (SSSR count). The molecule has 0 aliphatic heterocycles. The highest BCUT2D eigenvalue weighted by Crippen LogP contribution is 2.32. The van der Waals surface area contributed by atoms with Crippen LogP contribution in [0.4, 0.5) is 0 Å². The van der Waals surface area contributed by atoms with E-state index in [-0.39, 0.29) is 17.3 Å². The first-order chi connectivity index (χ1) is 14.5. The number of carbonyl (C=O) groups excluding carboxylic acids is 1. The lowest BCUT2D eigenvalue weighted by Gasteiger charge is -2.15. The molecule has 0 saturated carbocycles. The first-order valence-corrected chi connectivity index (χ1v) is 9.31. The summed E-state index contributed by atoms with van der Waals surface area (Å²) in [5, 5.41) is 14.7. The van der Waals surface area contributed by atoms with Crippen molar-refractivity contribution in [3.63, 3.8) is 0 Å². The predicted octanol–water partition coefficient (Wildman–Crippen LogP) is 2.27. The summed E-state index contributed by atoms with van der Waals surface area (Å²) >= 11 is 0. The number of rotatable bonds is 7. The Hall–Kier alpha value is -3.81. The third kappa shape index (κ3) is 4.12. The predicted molar refractivity (Wildman–Crippen MR) is 115 cm³/mol. The van der Waals surface area contributed by atoms with E-state index >= 15 is 0 Å². The van der Waals surface area contributed by atoms with Crippen LogP contribution in [0.15, 0.2) is 52.3 Å². The van der Waals surface area contributed by atoms with E-state index in [9.17, 15) is 14.7 Å². The maximum atomic E-state index is 13.1. The second-order valence-electron chi connectivity index (χ2n) is 6.48. The first kappa shape index (κ1) is 20.9. The fourth-order valence-electron chi connectivity index (χ4n) is 3.15. The number of methoxy groups -OCH3 is 2. The maximum Gasteiger partial charge on any atom is 0.265 e. The number of aliphatic imine (C=N–C) groups is 1. The van der Waals surface area contributed by atoms with Gasteiger partial charge in [0.2, 0.25) is 11.8 Å². The highest BCUT2D eigenvalue weighted by atomic mass is 16.5. The zero-order valence-corrected chi connectivity index (χ0v) is 17.0. The van der Waals surface area contributed by atoms with Gasteiger partial charge in [-0.2, -0.15) is 0 Å². The molecule has 30 heavy (non-hydrogen) atoms. The summed E-state index contributed by atoms with van der Waals surface area (Å²) in [6.07, 6.45) is 1.51. The van der Waals surface area contributed by atoms with Crippen LogP contribution in [0.5, 0.6) is 17.4 Å². The van der Waals surface area contributed by atoms with Crippen LogP contribution in [0.2, 0.25) is 0 Å². The fraction of sp³-hybridized carbons (Fsp3) is 0.227. The van der Waals surface area contributed by atoms with E-state index in [1.807, 2.05) is 0 Å². The summed E-state index contributed by atoms with van der Waals surface area (Å²) in [6.45, 7) is 2.14. The van der Waals surface area contributed by atoms with Gasteiger partial charge in [0, 0.05) is 36.5 Å². The second kappa shape index (κ2) is 9.13. The third-order valence-corrected chi connectivity index (χ3v) is 4.56. The van der Waals surface area contributed by atoms with E-state index in [1.165, 1.54) is 31.9 Å². The van der Waals surface area contributed by atoms with E-state index in [2.05, 4.69) is 10.3 Å². The van der Waals surface area contributed by atoms with Crippen LogP contribution in [0.1, 0.15) is 12.5 Å². The van der Waals surface area contributed by atoms with Crippen molar-refractivity contribution in [2.75, 3.05) is 27.3 Å². The number of benzene rings is 2. The molecule has 1 amide bonds. The number of ether oxygens (including phenoxy) is 2. The SMILES string of the molecule is COc1ccc(-n2c(O)c(C=NCCNC(C)=O)c3ccccc3c2=O)cc1OC. The van der Waals surface area contributed by atoms with Gasteiger partial charge in [0.05, 0.1) is 32.0 Å². The van der Waals surface area contributed by atoms with Crippen molar-refractivity contribution in [2.24, 2.45) is 4.99 Å². The van der Waals surface area contributed by atoms with Crippen LogP contribution in [0.3, 0.4) is 0 Å². The minimum atomic E-state index is -0.370. The van der Waals surface area contributed by atoms with Crippen molar-refractivity contribution >= 4 is 22.9 Å². The molecule has 2 N–H and O–H groups in total. The second-order valence-corrected chi connectivity index (χ2v) is 6.48. The number of nitrogens with one attached hydrogen (secondary N) is 1. The number of fused-ring (bicyclic) bond motifs is 1. The minimum absolute atomic E-state index is 0.138. The van der Waals surface area contributed by atoms with Gasteiger partial charge in [0.25, 0.3) is 5.56 Å². The molecule has 0 aliphatic carbocycles. The van der Waals surface area contributed by atoms with Crippen molar-refractivity contribution < 1.29 is 19.4 Å². The van der Waals surface area contributed by atoms with Crippen molar-refractivity contribution in [1.82, 2.24) is 9.88 Å². The average Bonchev–Trinajstić information content (AvgIpc) is 2.75. The Bertz CT molecular complexity index is 1170. The lowest BCUT2D eigenvalue weighted by molar-refractivity contribution is -0.118. The summed E-state index contributed by atoms with van der Waals surface area (Å²) in [7, 11) is 3.02. The Labute approximate surface area is 173 Å². The molecule has 0 saturated heterocycles. The molecule has 0 bridgehead atoms. The van der Waals surface area contributed by atoms with E-state index < -0.39 is 0 Å². The molecule has 0 unspecified atom stereocenters. The summed E-state index contributed by atoms with van der Waals surface area (Å²) in [6, 6.07) is 11.9. The quantitative estimate of drug-likeness (QED) is 0.460. The zero-order valence-electron chi connectivity index (χ0n) is 17.0. The summed E-state index contributed by atoms with van der Waals surface area (Å²) in [5.74, 6) is 0.559. The van der Waals surface area contributed by atoms with Crippen LogP contribution >= 0.6 is 0 Å². The number of amides is 1. The van der Waals surface area contributed by atoms with Gasteiger partial charge in [-0.25, -0.2) is 4.57 Å².